The molecule has 3 rings (SSSR count). The molecule has 1 saturated heterocycles. The molecule has 0 saturated carbocycles. The van der Waals surface area contributed by atoms with Gasteiger partial charge in [0.15, 0.2) is 0 Å². The fraction of sp³-hybridized carbons (Fsp3) is 0.286. The van der Waals surface area contributed by atoms with Crippen molar-refractivity contribution in [3.8, 4) is 10.4 Å². The van der Waals surface area contributed by atoms with Gasteiger partial charge in [-0.05, 0) is 42.0 Å². The third-order valence-electron chi connectivity index (χ3n) is 3.12. The molecule has 0 amide bonds. The normalized spacial score (nSPS) is 15.6. The topological polar surface area (TPSA) is 3.24 Å². The molecule has 0 atom stereocenters. The number of thiophene rings is 1. The van der Waals surface area contributed by atoms with Crippen LogP contribution in [0.15, 0.2) is 41.8 Å². The summed E-state index contributed by atoms with van der Waals surface area (Å²) in [6, 6.07) is 13.2. The molecule has 82 valence electrons. The molecular formula is C14H15NS. The van der Waals surface area contributed by atoms with E-state index in [1.54, 1.807) is 0 Å². The van der Waals surface area contributed by atoms with E-state index in [9.17, 15) is 0 Å². The lowest BCUT2D eigenvalue weighted by Crippen LogP contribution is -2.17. The van der Waals surface area contributed by atoms with Crippen LogP contribution in [0.5, 0.6) is 0 Å². The summed E-state index contributed by atoms with van der Waals surface area (Å²) in [5, 5.41) is 2.14. The van der Waals surface area contributed by atoms with Gasteiger partial charge in [0, 0.05) is 23.7 Å². The number of hydrogen-bond acceptors (Lipinski definition) is 2. The average Bonchev–Trinajstić information content (AvgIpc) is 3.03. The zero-order valence-corrected chi connectivity index (χ0v) is 10.0. The molecule has 0 N–H and O–H groups in total. The highest BCUT2D eigenvalue weighted by atomic mass is 32.1. The lowest BCUT2D eigenvalue weighted by molar-refractivity contribution is 0.949. The molecular weight excluding hydrogens is 214 g/mol. The number of hydrogen-bond donors (Lipinski definition) is 0. The average molecular weight is 229 g/mol. The maximum Gasteiger partial charge on any atom is 0.0372 e. The Kier molecular flexibility index (Phi) is 2.66. The Morgan fingerprint density at radius 3 is 2.62 bits per heavy atom. The highest BCUT2D eigenvalue weighted by molar-refractivity contribution is 7.13. The van der Waals surface area contributed by atoms with Gasteiger partial charge in [-0.3, -0.25) is 0 Å². The maximum absolute atomic E-state index is 2.48. The molecule has 1 aromatic heterocycles. The Morgan fingerprint density at radius 1 is 1.00 bits per heavy atom. The van der Waals surface area contributed by atoms with E-state index in [4.69, 9.17) is 0 Å². The van der Waals surface area contributed by atoms with Crippen molar-refractivity contribution in [3.05, 3.63) is 41.8 Å². The summed E-state index contributed by atoms with van der Waals surface area (Å²) >= 11 is 1.81. The second-order valence-electron chi connectivity index (χ2n) is 4.22. The fourth-order valence-corrected chi connectivity index (χ4v) is 3.00. The largest absolute Gasteiger partial charge is 0.372 e. The van der Waals surface area contributed by atoms with Gasteiger partial charge in [0.1, 0.15) is 0 Å². The van der Waals surface area contributed by atoms with Crippen LogP contribution in [0.4, 0.5) is 5.69 Å². The van der Waals surface area contributed by atoms with Crippen molar-refractivity contribution < 1.29 is 0 Å². The summed E-state index contributed by atoms with van der Waals surface area (Å²) < 4.78 is 0. The molecule has 0 aliphatic carbocycles. The van der Waals surface area contributed by atoms with Crippen molar-refractivity contribution in [2.75, 3.05) is 18.0 Å². The first kappa shape index (κ1) is 9.91. The zero-order valence-electron chi connectivity index (χ0n) is 9.23. The van der Waals surface area contributed by atoms with Gasteiger partial charge in [-0.1, -0.05) is 18.2 Å². The Balaban J connectivity index is 1.93. The minimum Gasteiger partial charge on any atom is -0.372 e. The molecule has 16 heavy (non-hydrogen) atoms. The van der Waals surface area contributed by atoms with Crippen molar-refractivity contribution >= 4 is 17.0 Å². The first-order valence-electron chi connectivity index (χ1n) is 5.82. The Morgan fingerprint density at radius 2 is 1.88 bits per heavy atom. The molecule has 0 unspecified atom stereocenters. The quantitative estimate of drug-likeness (QED) is 0.752. The third-order valence-corrected chi connectivity index (χ3v) is 4.04. The summed E-state index contributed by atoms with van der Waals surface area (Å²) in [7, 11) is 0. The molecule has 0 bridgehead atoms. The van der Waals surface area contributed by atoms with Gasteiger partial charge in [-0.15, -0.1) is 11.3 Å². The predicted octanol–water partition coefficient (Wildman–Crippen LogP) is 4.02. The van der Waals surface area contributed by atoms with Gasteiger partial charge in [0.2, 0.25) is 0 Å². The van der Waals surface area contributed by atoms with Gasteiger partial charge < -0.3 is 4.90 Å². The highest BCUT2D eigenvalue weighted by Crippen LogP contribution is 2.29. The van der Waals surface area contributed by atoms with Gasteiger partial charge in [0.05, 0.1) is 0 Å². The monoisotopic (exact) mass is 229 g/mol. The highest BCUT2D eigenvalue weighted by Gasteiger charge is 2.12. The van der Waals surface area contributed by atoms with E-state index in [0.717, 1.165) is 0 Å². The molecule has 1 nitrogen and oxygen atoms in total. The summed E-state index contributed by atoms with van der Waals surface area (Å²) in [5.74, 6) is 0. The van der Waals surface area contributed by atoms with Crippen LogP contribution >= 0.6 is 11.3 Å². The van der Waals surface area contributed by atoms with Crippen molar-refractivity contribution in [3.63, 3.8) is 0 Å². The smallest absolute Gasteiger partial charge is 0.0372 e. The van der Waals surface area contributed by atoms with Crippen LogP contribution in [0.25, 0.3) is 10.4 Å². The van der Waals surface area contributed by atoms with E-state index in [1.807, 2.05) is 11.3 Å². The van der Waals surface area contributed by atoms with E-state index in [2.05, 4.69) is 46.7 Å². The maximum atomic E-state index is 2.48. The van der Waals surface area contributed by atoms with Gasteiger partial charge in [-0.25, -0.2) is 0 Å². The minimum atomic E-state index is 1.22. The summed E-state index contributed by atoms with van der Waals surface area (Å²) in [6.45, 7) is 2.43. The van der Waals surface area contributed by atoms with Gasteiger partial charge in [0.25, 0.3) is 0 Å². The van der Waals surface area contributed by atoms with Crippen LogP contribution < -0.4 is 4.90 Å². The second kappa shape index (κ2) is 4.30. The number of nitrogens with zero attached hydrogens (tertiary/aromatic N) is 1. The molecule has 2 aromatic rings. The lowest BCUT2D eigenvalue weighted by atomic mass is 10.1. The molecule has 2 heteroatoms. The molecule has 2 heterocycles. The van der Waals surface area contributed by atoms with Crippen molar-refractivity contribution in [1.82, 2.24) is 0 Å². The van der Waals surface area contributed by atoms with Crippen LogP contribution in [0.3, 0.4) is 0 Å². The Labute approximate surface area is 100 Å². The number of rotatable bonds is 2. The van der Waals surface area contributed by atoms with E-state index < -0.39 is 0 Å². The Hall–Kier alpha value is -1.28. The van der Waals surface area contributed by atoms with Gasteiger partial charge in [-0.2, -0.15) is 0 Å². The molecule has 1 fully saturated rings. The summed E-state index contributed by atoms with van der Waals surface area (Å²) in [5.41, 5.74) is 2.72. The standard InChI is InChI=1S/C14H15NS/c1-2-9-15(8-1)13-6-3-5-12(11-13)14-7-4-10-16-14/h3-7,10-11H,1-2,8-9H2. The zero-order chi connectivity index (χ0) is 10.8. The first-order valence-corrected chi connectivity index (χ1v) is 6.70. The number of anilines is 1. The van der Waals surface area contributed by atoms with Crippen molar-refractivity contribution in [1.29, 1.82) is 0 Å². The molecule has 1 aliphatic rings. The molecule has 1 aromatic carbocycles. The first-order chi connectivity index (χ1) is 7.93. The number of benzene rings is 1. The van der Waals surface area contributed by atoms with Crippen LogP contribution in [0.2, 0.25) is 0 Å². The van der Waals surface area contributed by atoms with E-state index in [0.29, 0.717) is 0 Å². The predicted molar refractivity (Wildman–Crippen MR) is 71.2 cm³/mol. The Bertz CT molecular complexity index is 455. The SMILES string of the molecule is c1cc(-c2cccs2)cc(N2CCCC2)c1. The molecule has 1 aliphatic heterocycles. The summed E-state index contributed by atoms with van der Waals surface area (Å²) in [4.78, 5) is 3.85. The van der Waals surface area contributed by atoms with Gasteiger partial charge >= 0.3 is 0 Å². The molecule has 0 radical (unpaired) electrons. The van der Waals surface area contributed by atoms with Crippen LogP contribution in [-0.2, 0) is 0 Å². The lowest BCUT2D eigenvalue weighted by Gasteiger charge is -2.18. The van der Waals surface area contributed by atoms with Crippen LogP contribution in [0.1, 0.15) is 12.8 Å². The second-order valence-corrected chi connectivity index (χ2v) is 5.17. The molecule has 0 spiro atoms. The van der Waals surface area contributed by atoms with Crippen molar-refractivity contribution in [2.45, 2.75) is 12.8 Å². The van der Waals surface area contributed by atoms with Crippen LogP contribution in [-0.4, -0.2) is 13.1 Å². The van der Waals surface area contributed by atoms with Crippen LogP contribution in [0, 0.1) is 0 Å². The van der Waals surface area contributed by atoms with E-state index >= 15 is 0 Å². The summed E-state index contributed by atoms with van der Waals surface area (Å²) in [6.07, 6.45) is 2.67. The van der Waals surface area contributed by atoms with E-state index in [-0.39, 0.29) is 0 Å². The third kappa shape index (κ3) is 1.85. The van der Waals surface area contributed by atoms with E-state index in [1.165, 1.54) is 42.1 Å². The van der Waals surface area contributed by atoms with Crippen molar-refractivity contribution in [2.24, 2.45) is 0 Å². The minimum absolute atomic E-state index is 1.22. The fourth-order valence-electron chi connectivity index (χ4n) is 2.27.